The number of carbonyl (C=O) groups excluding carboxylic acids is 3. The van der Waals surface area contributed by atoms with Gasteiger partial charge in [0.1, 0.15) is 18.8 Å². The van der Waals surface area contributed by atoms with Gasteiger partial charge in [0.2, 0.25) is 0 Å². The fourth-order valence-electron chi connectivity index (χ4n) is 5.00. The average molecular weight is 609 g/mol. The molecule has 1 fully saturated rings. The highest BCUT2D eigenvalue weighted by molar-refractivity contribution is 7.90. The zero-order chi connectivity index (χ0) is 30.9. The fraction of sp³-hybridized carbons (Fsp3) is 0.344. The van der Waals surface area contributed by atoms with Crippen LogP contribution in [0.4, 0.5) is 4.79 Å². The Hall–Kier alpha value is -4.22. The molecule has 10 nitrogen and oxygen atoms in total. The molecule has 1 saturated carbocycles. The van der Waals surface area contributed by atoms with Crippen molar-refractivity contribution in [3.63, 3.8) is 0 Å². The molecule has 0 aromatic heterocycles. The molecule has 0 saturated heterocycles. The van der Waals surface area contributed by atoms with E-state index in [0.29, 0.717) is 31.2 Å². The maximum absolute atomic E-state index is 13.4. The lowest BCUT2D eigenvalue weighted by Gasteiger charge is -2.31. The van der Waals surface area contributed by atoms with Gasteiger partial charge in [0.25, 0.3) is 5.91 Å². The predicted octanol–water partition coefficient (Wildman–Crippen LogP) is 3.46. The molecule has 0 spiro atoms. The van der Waals surface area contributed by atoms with Crippen LogP contribution in [-0.4, -0.2) is 55.4 Å². The molecule has 1 aliphatic rings. The molecule has 0 bridgehead atoms. The molecule has 0 unspecified atom stereocenters. The van der Waals surface area contributed by atoms with Gasteiger partial charge < -0.3 is 25.2 Å². The summed E-state index contributed by atoms with van der Waals surface area (Å²) in [6.07, 6.45) is 0.530. The Kier molecular flexibility index (Phi) is 10.5. The van der Waals surface area contributed by atoms with Crippen molar-refractivity contribution in [1.82, 2.24) is 10.6 Å². The van der Waals surface area contributed by atoms with E-state index in [1.165, 1.54) is 12.1 Å². The summed E-state index contributed by atoms with van der Waals surface area (Å²) in [7, 11) is -3.43. The second kappa shape index (κ2) is 14.3. The fourth-order valence-corrected chi connectivity index (χ4v) is 5.63. The Morgan fingerprint density at radius 1 is 0.814 bits per heavy atom. The van der Waals surface area contributed by atoms with Crippen LogP contribution in [0.1, 0.15) is 42.4 Å². The van der Waals surface area contributed by atoms with Crippen LogP contribution in [0, 0.1) is 0 Å². The molecule has 0 heterocycles. The molecule has 3 N–H and O–H groups in total. The molecule has 3 aromatic rings. The first-order chi connectivity index (χ1) is 20.6. The maximum Gasteiger partial charge on any atom is 0.407 e. The van der Waals surface area contributed by atoms with Crippen LogP contribution in [0.3, 0.4) is 0 Å². The van der Waals surface area contributed by atoms with Gasteiger partial charge in [-0.25, -0.2) is 18.0 Å². The number of rotatable bonds is 12. The summed E-state index contributed by atoms with van der Waals surface area (Å²) in [6.45, 7) is 0.0157. The van der Waals surface area contributed by atoms with Gasteiger partial charge in [0.05, 0.1) is 10.9 Å². The van der Waals surface area contributed by atoms with Gasteiger partial charge in [-0.3, -0.25) is 4.79 Å². The Bertz CT molecular complexity index is 1490. The van der Waals surface area contributed by atoms with Gasteiger partial charge in [-0.05, 0) is 48.1 Å². The second-order valence-corrected chi connectivity index (χ2v) is 12.7. The lowest BCUT2D eigenvalue weighted by atomic mass is 9.95. The first-order valence-electron chi connectivity index (χ1n) is 14.0. The van der Waals surface area contributed by atoms with Gasteiger partial charge in [-0.2, -0.15) is 0 Å². The number of amides is 2. The SMILES string of the molecule is CS(=O)(=O)c1ccc(C[C@@H](NC(=O)OCc2ccccc2)[C@H](O)C(=O)NC2(C(=O)OCc3ccccc3)CCCC2)cc1. The number of carbonyl (C=O) groups is 3. The summed E-state index contributed by atoms with van der Waals surface area (Å²) in [4.78, 5) is 39.5. The van der Waals surface area contributed by atoms with Crippen molar-refractivity contribution in [2.24, 2.45) is 0 Å². The van der Waals surface area contributed by atoms with E-state index in [2.05, 4.69) is 10.6 Å². The number of aliphatic hydroxyl groups is 1. The molecule has 0 radical (unpaired) electrons. The van der Waals surface area contributed by atoms with Gasteiger partial charge in [-0.15, -0.1) is 0 Å². The van der Waals surface area contributed by atoms with Crippen LogP contribution >= 0.6 is 0 Å². The monoisotopic (exact) mass is 608 g/mol. The van der Waals surface area contributed by atoms with Crippen molar-refractivity contribution in [2.75, 3.05) is 6.26 Å². The third kappa shape index (κ3) is 8.89. The molecule has 11 heteroatoms. The van der Waals surface area contributed by atoms with E-state index in [1.54, 1.807) is 36.4 Å². The number of sulfone groups is 1. The Balaban J connectivity index is 1.48. The number of ether oxygens (including phenoxy) is 2. The smallest absolute Gasteiger partial charge is 0.407 e. The highest BCUT2D eigenvalue weighted by atomic mass is 32.2. The molecule has 2 atom stereocenters. The number of hydrogen-bond donors (Lipinski definition) is 3. The van der Waals surface area contributed by atoms with Gasteiger partial charge >= 0.3 is 12.1 Å². The van der Waals surface area contributed by atoms with Gasteiger partial charge in [-0.1, -0.05) is 85.6 Å². The summed E-state index contributed by atoms with van der Waals surface area (Å²) >= 11 is 0. The van der Waals surface area contributed by atoms with Crippen molar-refractivity contribution in [3.8, 4) is 0 Å². The molecule has 3 aromatic carbocycles. The Labute approximate surface area is 251 Å². The third-order valence-corrected chi connectivity index (χ3v) is 8.52. The summed E-state index contributed by atoms with van der Waals surface area (Å²) in [5, 5.41) is 16.5. The molecular formula is C32H36N2O8S. The van der Waals surface area contributed by atoms with Gasteiger partial charge in [0, 0.05) is 6.26 Å². The van der Waals surface area contributed by atoms with Crippen LogP contribution in [0.2, 0.25) is 0 Å². The van der Waals surface area contributed by atoms with E-state index < -0.39 is 45.5 Å². The average Bonchev–Trinajstić information content (AvgIpc) is 3.48. The highest BCUT2D eigenvalue weighted by Crippen LogP contribution is 2.31. The molecule has 43 heavy (non-hydrogen) atoms. The summed E-state index contributed by atoms with van der Waals surface area (Å²) < 4.78 is 34.6. The zero-order valence-corrected chi connectivity index (χ0v) is 24.7. The minimum Gasteiger partial charge on any atom is -0.459 e. The second-order valence-electron chi connectivity index (χ2n) is 10.7. The number of hydrogen-bond acceptors (Lipinski definition) is 8. The number of alkyl carbamates (subject to hydrolysis) is 1. The molecule has 4 rings (SSSR count). The number of esters is 1. The normalized spacial score (nSPS) is 15.6. The van der Waals surface area contributed by atoms with E-state index in [4.69, 9.17) is 9.47 Å². The van der Waals surface area contributed by atoms with Crippen LogP contribution in [-0.2, 0) is 48.5 Å². The standard InChI is InChI=1S/C32H36N2O8S/c1-43(39,40)26-16-14-23(15-17-26)20-27(33-31(38)42-22-25-12-6-3-7-13-25)28(35)29(36)34-32(18-8-9-19-32)30(37)41-21-24-10-4-2-5-11-24/h2-7,10-17,27-28,35H,8-9,18-22H2,1H3,(H,33,38)(H,34,36)/t27-,28+/m1/s1. The Morgan fingerprint density at radius 2 is 1.35 bits per heavy atom. The van der Waals surface area contributed by atoms with E-state index in [0.717, 1.165) is 17.4 Å². The van der Waals surface area contributed by atoms with Gasteiger partial charge in [0.15, 0.2) is 15.9 Å². The van der Waals surface area contributed by atoms with Crippen molar-refractivity contribution in [2.45, 2.75) is 67.9 Å². The lowest BCUT2D eigenvalue weighted by molar-refractivity contribution is -0.156. The molecule has 1 aliphatic carbocycles. The first-order valence-corrected chi connectivity index (χ1v) is 15.9. The molecule has 0 aliphatic heterocycles. The summed E-state index contributed by atoms with van der Waals surface area (Å²) in [6, 6.07) is 22.9. The quantitative estimate of drug-likeness (QED) is 0.265. The molecule has 228 valence electrons. The minimum absolute atomic E-state index is 0.0233. The maximum atomic E-state index is 13.4. The molecular weight excluding hydrogens is 572 g/mol. The third-order valence-electron chi connectivity index (χ3n) is 7.40. The topological polar surface area (TPSA) is 148 Å². The van der Waals surface area contributed by atoms with Crippen molar-refractivity contribution >= 4 is 27.8 Å². The minimum atomic E-state index is -3.43. The molecule has 2 amide bonds. The Morgan fingerprint density at radius 3 is 1.88 bits per heavy atom. The number of aliphatic hydroxyl groups excluding tert-OH is 1. The number of nitrogens with one attached hydrogen (secondary N) is 2. The summed E-state index contributed by atoms with van der Waals surface area (Å²) in [5.74, 6) is -1.43. The van der Waals surface area contributed by atoms with Crippen LogP contribution in [0.15, 0.2) is 89.8 Å². The van der Waals surface area contributed by atoms with E-state index >= 15 is 0 Å². The number of benzene rings is 3. The van der Waals surface area contributed by atoms with Crippen LogP contribution in [0.5, 0.6) is 0 Å². The largest absolute Gasteiger partial charge is 0.459 e. The van der Waals surface area contributed by atoms with Crippen LogP contribution < -0.4 is 10.6 Å². The summed E-state index contributed by atoms with van der Waals surface area (Å²) in [5.41, 5.74) is 0.810. The lowest BCUT2D eigenvalue weighted by Crippen LogP contribution is -2.59. The highest BCUT2D eigenvalue weighted by Gasteiger charge is 2.45. The van der Waals surface area contributed by atoms with Crippen LogP contribution in [0.25, 0.3) is 0 Å². The zero-order valence-electron chi connectivity index (χ0n) is 23.9. The van der Waals surface area contributed by atoms with Crippen molar-refractivity contribution < 1.29 is 37.4 Å². The first kappa shape index (κ1) is 31.7. The van der Waals surface area contributed by atoms with Crippen molar-refractivity contribution in [3.05, 3.63) is 102 Å². The van der Waals surface area contributed by atoms with E-state index in [1.807, 2.05) is 36.4 Å². The van der Waals surface area contributed by atoms with E-state index in [9.17, 15) is 27.9 Å². The van der Waals surface area contributed by atoms with E-state index in [-0.39, 0.29) is 24.5 Å². The van der Waals surface area contributed by atoms with Crippen molar-refractivity contribution in [1.29, 1.82) is 0 Å². The predicted molar refractivity (Wildman–Crippen MR) is 158 cm³/mol.